The molecule has 0 fully saturated rings. The van der Waals surface area contributed by atoms with Gasteiger partial charge in [0.25, 0.3) is 0 Å². The molecular formula is C22H32FIN4O. The highest BCUT2D eigenvalue weighted by molar-refractivity contribution is 14.0. The Bertz CT molecular complexity index is 783. The van der Waals surface area contributed by atoms with Crippen molar-refractivity contribution in [2.24, 2.45) is 4.99 Å². The molecule has 0 aliphatic rings. The third kappa shape index (κ3) is 9.45. The van der Waals surface area contributed by atoms with Crippen LogP contribution >= 0.6 is 24.0 Å². The molecule has 0 aromatic heterocycles. The third-order valence-electron chi connectivity index (χ3n) is 4.15. The standard InChI is InChI=1S/C22H31FN4O.HI/c1-5-24-22(26-16-19-9-10-21(23)17(2)13-19)25-15-18-7-6-8-20(14-18)28-12-11-27(3)4;/h6-10,13-14H,5,11-12,15-16H2,1-4H3,(H2,24,25,26);1H. The molecule has 0 spiro atoms. The molecule has 2 aromatic carbocycles. The molecule has 0 amide bonds. The molecule has 0 aliphatic carbocycles. The van der Waals surface area contributed by atoms with Gasteiger partial charge in [0.1, 0.15) is 18.2 Å². The van der Waals surface area contributed by atoms with Crippen molar-refractivity contribution < 1.29 is 9.13 Å². The Hall–Kier alpha value is -1.87. The SMILES string of the molecule is CCNC(=NCc1cccc(OCCN(C)C)c1)NCc1ccc(F)c(C)c1.I. The highest BCUT2D eigenvalue weighted by atomic mass is 127. The van der Waals surface area contributed by atoms with Gasteiger partial charge in [-0.2, -0.15) is 0 Å². The summed E-state index contributed by atoms with van der Waals surface area (Å²) in [6.07, 6.45) is 0. The summed E-state index contributed by atoms with van der Waals surface area (Å²) in [5.41, 5.74) is 2.74. The van der Waals surface area contributed by atoms with Gasteiger partial charge in [-0.05, 0) is 62.8 Å². The van der Waals surface area contributed by atoms with Crippen LogP contribution in [0.1, 0.15) is 23.6 Å². The van der Waals surface area contributed by atoms with E-state index in [1.165, 1.54) is 6.07 Å². The number of ether oxygens (including phenoxy) is 1. The van der Waals surface area contributed by atoms with Crippen LogP contribution in [0.3, 0.4) is 0 Å². The molecule has 29 heavy (non-hydrogen) atoms. The lowest BCUT2D eigenvalue weighted by Gasteiger charge is -2.13. The maximum Gasteiger partial charge on any atom is 0.191 e. The summed E-state index contributed by atoms with van der Waals surface area (Å²) < 4.78 is 19.2. The number of hydrogen-bond acceptors (Lipinski definition) is 3. The van der Waals surface area contributed by atoms with Gasteiger partial charge in [0.15, 0.2) is 5.96 Å². The van der Waals surface area contributed by atoms with Crippen LogP contribution in [0.5, 0.6) is 5.75 Å². The highest BCUT2D eigenvalue weighted by Crippen LogP contribution is 2.14. The second-order valence-electron chi connectivity index (χ2n) is 6.93. The second kappa shape index (κ2) is 13.4. The molecule has 2 N–H and O–H groups in total. The first-order valence-corrected chi connectivity index (χ1v) is 9.61. The van der Waals surface area contributed by atoms with Crippen LogP contribution in [0.15, 0.2) is 47.5 Å². The minimum absolute atomic E-state index is 0. The zero-order valence-electron chi connectivity index (χ0n) is 17.7. The lowest BCUT2D eigenvalue weighted by atomic mass is 10.1. The van der Waals surface area contributed by atoms with Gasteiger partial charge in [-0.25, -0.2) is 9.38 Å². The minimum Gasteiger partial charge on any atom is -0.492 e. The van der Waals surface area contributed by atoms with Crippen molar-refractivity contribution in [3.05, 3.63) is 65.0 Å². The number of nitrogens with zero attached hydrogens (tertiary/aromatic N) is 2. The van der Waals surface area contributed by atoms with Crippen molar-refractivity contribution in [3.8, 4) is 5.75 Å². The van der Waals surface area contributed by atoms with E-state index in [9.17, 15) is 4.39 Å². The fraction of sp³-hybridized carbons (Fsp3) is 0.409. The number of hydrogen-bond donors (Lipinski definition) is 2. The number of nitrogens with one attached hydrogen (secondary N) is 2. The smallest absolute Gasteiger partial charge is 0.191 e. The summed E-state index contributed by atoms with van der Waals surface area (Å²) >= 11 is 0. The van der Waals surface area contributed by atoms with Crippen molar-refractivity contribution in [2.75, 3.05) is 33.8 Å². The van der Waals surface area contributed by atoms with Crippen molar-refractivity contribution in [1.29, 1.82) is 0 Å². The van der Waals surface area contributed by atoms with Crippen LogP contribution in [-0.4, -0.2) is 44.7 Å². The average Bonchev–Trinajstić information content (AvgIpc) is 2.67. The van der Waals surface area contributed by atoms with E-state index in [1.54, 1.807) is 13.0 Å². The van der Waals surface area contributed by atoms with E-state index in [-0.39, 0.29) is 29.8 Å². The predicted molar refractivity (Wildman–Crippen MR) is 129 cm³/mol. The van der Waals surface area contributed by atoms with Crippen LogP contribution in [0.2, 0.25) is 0 Å². The van der Waals surface area contributed by atoms with E-state index >= 15 is 0 Å². The lowest BCUT2D eigenvalue weighted by Crippen LogP contribution is -2.36. The van der Waals surface area contributed by atoms with E-state index in [0.717, 1.165) is 35.9 Å². The molecule has 0 radical (unpaired) electrons. The summed E-state index contributed by atoms with van der Waals surface area (Å²) in [5.74, 6) is 1.40. The molecule has 0 heterocycles. The second-order valence-corrected chi connectivity index (χ2v) is 6.93. The normalized spacial score (nSPS) is 11.2. The monoisotopic (exact) mass is 514 g/mol. The van der Waals surface area contributed by atoms with E-state index < -0.39 is 0 Å². The van der Waals surface area contributed by atoms with Gasteiger partial charge in [-0.1, -0.05) is 24.3 Å². The van der Waals surface area contributed by atoms with Crippen LogP contribution < -0.4 is 15.4 Å². The molecule has 2 aromatic rings. The van der Waals surface area contributed by atoms with Crippen molar-refractivity contribution in [1.82, 2.24) is 15.5 Å². The van der Waals surface area contributed by atoms with Crippen LogP contribution in [-0.2, 0) is 13.1 Å². The summed E-state index contributed by atoms with van der Waals surface area (Å²) in [6.45, 7) is 7.22. The van der Waals surface area contributed by atoms with E-state index in [0.29, 0.717) is 25.3 Å². The molecular weight excluding hydrogens is 482 g/mol. The van der Waals surface area contributed by atoms with Crippen LogP contribution in [0.4, 0.5) is 4.39 Å². The molecule has 0 unspecified atom stereocenters. The van der Waals surface area contributed by atoms with E-state index in [2.05, 4.69) is 20.5 Å². The van der Waals surface area contributed by atoms with Crippen LogP contribution in [0.25, 0.3) is 0 Å². The summed E-state index contributed by atoms with van der Waals surface area (Å²) in [7, 11) is 4.05. The highest BCUT2D eigenvalue weighted by Gasteiger charge is 2.03. The minimum atomic E-state index is -0.183. The van der Waals surface area contributed by atoms with Gasteiger partial charge in [-0.3, -0.25) is 0 Å². The Balaban J connectivity index is 0.00000420. The van der Waals surface area contributed by atoms with Crippen molar-refractivity contribution >= 4 is 29.9 Å². The molecule has 0 atom stereocenters. The quantitative estimate of drug-likeness (QED) is 0.303. The summed E-state index contributed by atoms with van der Waals surface area (Å²) in [6, 6.07) is 13.1. The zero-order valence-corrected chi connectivity index (χ0v) is 20.0. The summed E-state index contributed by atoms with van der Waals surface area (Å²) in [4.78, 5) is 6.73. The number of guanidine groups is 1. The first kappa shape index (κ1) is 25.2. The maximum atomic E-state index is 13.4. The Morgan fingerprint density at radius 3 is 2.59 bits per heavy atom. The van der Waals surface area contributed by atoms with Gasteiger partial charge < -0.3 is 20.3 Å². The zero-order chi connectivity index (χ0) is 20.4. The number of aryl methyl sites for hydroxylation is 1. The third-order valence-corrected chi connectivity index (χ3v) is 4.15. The Labute approximate surface area is 190 Å². The lowest BCUT2D eigenvalue weighted by molar-refractivity contribution is 0.261. The van der Waals surface area contributed by atoms with E-state index in [4.69, 9.17) is 4.74 Å². The first-order valence-electron chi connectivity index (χ1n) is 9.61. The number of likely N-dealkylation sites (N-methyl/N-ethyl adjacent to an activating group) is 1. The number of aliphatic imine (C=N–C) groups is 1. The number of rotatable bonds is 9. The average molecular weight is 514 g/mol. The van der Waals surface area contributed by atoms with Gasteiger partial charge in [0.2, 0.25) is 0 Å². The molecule has 0 saturated heterocycles. The Morgan fingerprint density at radius 2 is 1.90 bits per heavy atom. The topological polar surface area (TPSA) is 48.9 Å². The first-order chi connectivity index (χ1) is 13.5. The van der Waals surface area contributed by atoms with Gasteiger partial charge in [0, 0.05) is 19.6 Å². The fourth-order valence-corrected chi connectivity index (χ4v) is 2.59. The van der Waals surface area contributed by atoms with Crippen LogP contribution in [0, 0.1) is 12.7 Å². The molecule has 0 aliphatic heterocycles. The predicted octanol–water partition coefficient (Wildman–Crippen LogP) is 3.95. The fourth-order valence-electron chi connectivity index (χ4n) is 2.59. The van der Waals surface area contributed by atoms with Gasteiger partial charge in [-0.15, -0.1) is 24.0 Å². The van der Waals surface area contributed by atoms with Crippen molar-refractivity contribution in [2.45, 2.75) is 26.9 Å². The Morgan fingerprint density at radius 1 is 1.10 bits per heavy atom. The maximum absolute atomic E-state index is 13.4. The molecule has 160 valence electrons. The molecule has 0 bridgehead atoms. The van der Waals surface area contributed by atoms with E-state index in [1.807, 2.05) is 51.4 Å². The Kier molecular flexibility index (Phi) is 11.6. The number of benzene rings is 2. The van der Waals surface area contributed by atoms with Gasteiger partial charge >= 0.3 is 0 Å². The molecule has 2 rings (SSSR count). The van der Waals surface area contributed by atoms with Gasteiger partial charge in [0.05, 0.1) is 6.54 Å². The van der Waals surface area contributed by atoms with Crippen molar-refractivity contribution in [3.63, 3.8) is 0 Å². The molecule has 7 heteroatoms. The summed E-state index contributed by atoms with van der Waals surface area (Å²) in [5, 5.41) is 6.53. The molecule has 5 nitrogen and oxygen atoms in total. The number of halogens is 2. The largest absolute Gasteiger partial charge is 0.492 e. The molecule has 0 saturated carbocycles.